The second-order valence-electron chi connectivity index (χ2n) is 0.750. The van der Waals surface area contributed by atoms with Gasteiger partial charge in [-0.1, -0.05) is 0 Å². The topological polar surface area (TPSA) is 190 Å². The van der Waals surface area contributed by atoms with E-state index >= 15 is 0 Å². The fourth-order valence-corrected chi connectivity index (χ4v) is 0. The number of hydrogen-bond donors (Lipinski definition) is 0. The molecule has 0 unspecified atom stereocenters. The maximum absolute atomic E-state index is 8.61. The van der Waals surface area contributed by atoms with Crippen molar-refractivity contribution in [2.75, 3.05) is 0 Å². The molecule has 0 aromatic heterocycles. The van der Waals surface area contributed by atoms with Gasteiger partial charge in [0.25, 0.3) is 0 Å². The molecule has 0 aliphatic rings. The molecule has 0 aromatic rings. The zero-order valence-corrected chi connectivity index (χ0v) is 23.9. The monoisotopic (exact) mass is 954 g/mol. The fraction of sp³-hybridized carbons (Fsp3) is 0. The number of rotatable bonds is 0. The Morgan fingerprint density at radius 3 is 0.733 bits per heavy atom. The van der Waals surface area contributed by atoms with Crippen LogP contribution in [0.15, 0.2) is 0 Å². The summed E-state index contributed by atoms with van der Waals surface area (Å²) >= 11 is -12.5. The second kappa shape index (κ2) is 30.9. The molecule has 0 heterocycles. The van der Waals surface area contributed by atoms with Gasteiger partial charge in [-0.2, -0.15) is 0 Å². The van der Waals surface area contributed by atoms with Crippen molar-refractivity contribution in [3.05, 3.63) is 0 Å². The van der Waals surface area contributed by atoms with Gasteiger partial charge in [-0.3, -0.25) is 0 Å². The van der Waals surface area contributed by atoms with Crippen molar-refractivity contribution < 1.29 is 90.4 Å². The second-order valence-corrected chi connectivity index (χ2v) is 3.54. The summed E-state index contributed by atoms with van der Waals surface area (Å²) in [4.78, 5) is 0. The molecule has 0 rings (SSSR count). The molecule has 0 saturated heterocycles. The van der Waals surface area contributed by atoms with Crippen molar-refractivity contribution in [1.82, 2.24) is 0 Å². The van der Waals surface area contributed by atoms with E-state index < -0.39 is 59.9 Å². The van der Waals surface area contributed by atoms with Crippen LogP contribution in [0.3, 0.4) is 0 Å². The molecule has 0 bridgehead atoms. The molecule has 0 aliphatic heterocycles. The summed E-state index contributed by atoms with van der Waals surface area (Å²) in [6.45, 7) is 0. The molecule has 0 N–H and O–H groups in total. The summed E-state index contributed by atoms with van der Waals surface area (Å²) in [5, 5.41) is 0. The van der Waals surface area contributed by atoms with Crippen LogP contribution in [0, 0.1) is 0 Å². The van der Waals surface area contributed by atoms with E-state index in [9.17, 15) is 0 Å². The third-order valence-corrected chi connectivity index (χ3v) is 0. The summed E-state index contributed by atoms with van der Waals surface area (Å²) < 4.78 is 77.3. The van der Waals surface area contributed by atoms with Crippen molar-refractivity contribution in [3.8, 4) is 0 Å². The minimum atomic E-state index is -4.29. The van der Waals surface area contributed by atoms with Crippen LogP contribution in [0.25, 0.3) is 0 Å². The van der Waals surface area contributed by atoms with Gasteiger partial charge in [0.05, 0.1) is 0 Å². The van der Waals surface area contributed by atoms with E-state index in [0.29, 0.717) is 0 Å². The maximum Gasteiger partial charge on any atom is 2.00 e. The average molecular weight is 953 g/mol. The van der Waals surface area contributed by atoms with Gasteiger partial charge < -0.3 is 0 Å². The maximum atomic E-state index is 8.61. The van der Waals surface area contributed by atoms with Crippen molar-refractivity contribution in [2.24, 2.45) is 0 Å². The standard InChI is InChI=1S/9O.3Pb.2Ti.Zr/q;;;6*-1;3*+2;;;. The van der Waals surface area contributed by atoms with Gasteiger partial charge >= 0.3 is 172 Å². The molecular formula is O9Pb3Ti2Zr. The normalized spacial score (nSPS) is 5.20. The van der Waals surface area contributed by atoms with Crippen molar-refractivity contribution in [2.45, 2.75) is 0 Å². The van der Waals surface area contributed by atoms with Gasteiger partial charge in [0.2, 0.25) is 0 Å². The van der Waals surface area contributed by atoms with Gasteiger partial charge in [-0.15, -0.1) is 0 Å². The number of hydrogen-bond acceptors (Lipinski definition) is 9. The largest absolute Gasteiger partial charge is 2.00 e. The average Bonchev–Trinajstić information content (AvgIpc) is 1.54. The smallest absolute Gasteiger partial charge is 2.00 e. The molecule has 0 amide bonds. The van der Waals surface area contributed by atoms with Crippen LogP contribution in [0.2, 0.25) is 0 Å². The molecule has 0 aromatic carbocycles. The van der Waals surface area contributed by atoms with Crippen LogP contribution >= 0.6 is 0 Å². The molecule has 15 heteroatoms. The zero-order chi connectivity index (χ0) is 10.7. The van der Waals surface area contributed by atoms with E-state index in [1.807, 2.05) is 0 Å². The predicted octanol–water partition coefficient (Wildman–Crippen LogP) is -8.64. The molecule has 0 fully saturated rings. The van der Waals surface area contributed by atoms with Gasteiger partial charge in [-0.25, -0.2) is 0 Å². The Morgan fingerprint density at radius 2 is 0.733 bits per heavy atom. The summed E-state index contributed by atoms with van der Waals surface area (Å²) in [6, 6.07) is 0. The summed E-state index contributed by atoms with van der Waals surface area (Å²) in [7, 11) is 0. The molecule has 0 saturated carbocycles. The Morgan fingerprint density at radius 1 is 0.733 bits per heavy atom. The van der Waals surface area contributed by atoms with E-state index in [2.05, 4.69) is 0 Å². The SMILES string of the molecule is [O]=[Ti]([O-])[O-].[O]=[Ti]([O-])[O-].[O]=[Zr]([O-])[O-].[Pb+2].[Pb+2].[Pb+2]. The third-order valence-electron chi connectivity index (χ3n) is 0. The van der Waals surface area contributed by atoms with E-state index in [-0.39, 0.29) is 81.9 Å². The van der Waals surface area contributed by atoms with Gasteiger partial charge in [0, 0.05) is 0 Å². The minimum Gasteiger partial charge on any atom is 2.00 e. The molecule has 15 heavy (non-hydrogen) atoms. The predicted molar refractivity (Wildman–Crippen MR) is 19.3 cm³/mol. The Labute approximate surface area is 168 Å². The van der Waals surface area contributed by atoms with Gasteiger partial charge in [0.15, 0.2) is 0 Å². The Hall–Kier alpha value is 4.24. The van der Waals surface area contributed by atoms with Crippen molar-refractivity contribution in [1.29, 1.82) is 0 Å². The molecule has 0 spiro atoms. The van der Waals surface area contributed by atoms with Crippen molar-refractivity contribution >= 4 is 81.9 Å². The van der Waals surface area contributed by atoms with Crippen LogP contribution in [-0.2, 0) is 69.3 Å². The van der Waals surface area contributed by atoms with E-state index in [4.69, 9.17) is 30.6 Å². The first kappa shape index (κ1) is 36.5. The Bertz CT molecular complexity index is 121. The first-order chi connectivity index (χ1) is 5.20. The first-order valence-electron chi connectivity index (χ1n) is 1.84. The van der Waals surface area contributed by atoms with Crippen LogP contribution in [0.5, 0.6) is 0 Å². The molecular weight excluding hydrogens is 953 g/mol. The van der Waals surface area contributed by atoms with Crippen LogP contribution in [-0.4, -0.2) is 81.9 Å². The zero-order valence-electron chi connectivity index (χ0n) is 6.67. The summed E-state index contributed by atoms with van der Waals surface area (Å²) in [5.74, 6) is 0. The van der Waals surface area contributed by atoms with E-state index in [1.54, 1.807) is 0 Å². The summed E-state index contributed by atoms with van der Waals surface area (Å²) in [6.07, 6.45) is 0. The minimum absolute atomic E-state index is 0. The molecule has 6 radical (unpaired) electrons. The van der Waals surface area contributed by atoms with E-state index in [0.717, 1.165) is 0 Å². The van der Waals surface area contributed by atoms with Crippen LogP contribution in [0.1, 0.15) is 0 Å². The Kier molecular flexibility index (Phi) is 75.3. The van der Waals surface area contributed by atoms with E-state index in [1.165, 1.54) is 0 Å². The van der Waals surface area contributed by atoms with Crippen LogP contribution < -0.4 is 21.1 Å². The molecule has 0 aliphatic carbocycles. The molecule has 78 valence electrons. The fourth-order valence-electron chi connectivity index (χ4n) is 0. The van der Waals surface area contributed by atoms with Crippen LogP contribution in [0.4, 0.5) is 0 Å². The summed E-state index contributed by atoms with van der Waals surface area (Å²) in [5.41, 5.74) is 0. The molecule has 0 atom stereocenters. The van der Waals surface area contributed by atoms with Gasteiger partial charge in [0.1, 0.15) is 0 Å². The molecule has 9 nitrogen and oxygen atoms in total. The quantitative estimate of drug-likeness (QED) is 0.213. The van der Waals surface area contributed by atoms with Gasteiger partial charge in [-0.05, 0) is 0 Å². The van der Waals surface area contributed by atoms with Crippen molar-refractivity contribution in [3.63, 3.8) is 0 Å². The Balaban J connectivity index is -0.0000000184. The third kappa shape index (κ3) is 268. The first-order valence-corrected chi connectivity index (χ1v) is 8.67.